The first-order valence-corrected chi connectivity index (χ1v) is 7.70. The number of benzene rings is 1. The lowest BCUT2D eigenvalue weighted by atomic mass is 9.87. The number of morpholine rings is 1. The maximum absolute atomic E-state index is 12.2. The summed E-state index contributed by atoms with van der Waals surface area (Å²) < 4.78 is 5.81. The zero-order chi connectivity index (χ0) is 14.2. The zero-order valence-corrected chi connectivity index (χ0v) is 12.0. The lowest BCUT2D eigenvalue weighted by Crippen LogP contribution is -2.48. The Morgan fingerprint density at radius 3 is 2.81 bits per heavy atom. The molecule has 1 aliphatic carbocycles. The number of Topliss-reactive ketones (excluding diaryl/α,β-unsaturated/α-hetero) is 1. The van der Waals surface area contributed by atoms with Crippen LogP contribution in [0.4, 0.5) is 0 Å². The van der Waals surface area contributed by atoms with Gasteiger partial charge in [0.2, 0.25) is 0 Å². The van der Waals surface area contributed by atoms with Gasteiger partial charge in [-0.05, 0) is 18.4 Å². The molecule has 0 aromatic heterocycles. The molecule has 1 aromatic carbocycles. The predicted molar refractivity (Wildman–Crippen MR) is 80.7 cm³/mol. The molecule has 0 unspecified atom stereocenters. The molecule has 3 heteroatoms. The van der Waals surface area contributed by atoms with Gasteiger partial charge in [-0.25, -0.2) is 0 Å². The zero-order valence-electron chi connectivity index (χ0n) is 12.0. The number of allylic oxidation sites excluding steroid dienone is 3. The highest BCUT2D eigenvalue weighted by Crippen LogP contribution is 2.39. The predicted octanol–water partition coefficient (Wildman–Crippen LogP) is 3.01. The van der Waals surface area contributed by atoms with Crippen LogP contribution in [0.2, 0.25) is 0 Å². The van der Waals surface area contributed by atoms with Crippen LogP contribution in [0.5, 0.6) is 0 Å². The van der Waals surface area contributed by atoms with Gasteiger partial charge in [0, 0.05) is 17.7 Å². The number of fused-ring (bicyclic) bond motifs is 2. The molecule has 1 aromatic rings. The van der Waals surface area contributed by atoms with E-state index in [0.29, 0.717) is 25.4 Å². The number of carbonyl (C=O) groups is 1. The molecule has 2 heterocycles. The van der Waals surface area contributed by atoms with Crippen LogP contribution >= 0.6 is 0 Å². The number of ether oxygens (including phenoxy) is 1. The minimum atomic E-state index is 0.214. The van der Waals surface area contributed by atoms with Crippen molar-refractivity contribution in [1.82, 2.24) is 4.90 Å². The van der Waals surface area contributed by atoms with Crippen molar-refractivity contribution in [2.24, 2.45) is 0 Å². The van der Waals surface area contributed by atoms with E-state index in [2.05, 4.69) is 35.2 Å². The molecular weight excluding hydrogens is 262 g/mol. The van der Waals surface area contributed by atoms with E-state index in [1.807, 2.05) is 12.1 Å². The van der Waals surface area contributed by atoms with E-state index in [9.17, 15) is 4.79 Å². The number of nitrogens with zero attached hydrogens (tertiary/aromatic N) is 1. The van der Waals surface area contributed by atoms with Gasteiger partial charge in [0.25, 0.3) is 0 Å². The second-order valence-corrected chi connectivity index (χ2v) is 5.93. The third-order valence-electron chi connectivity index (χ3n) is 4.67. The molecule has 21 heavy (non-hydrogen) atoms. The summed E-state index contributed by atoms with van der Waals surface area (Å²) in [6, 6.07) is 11.0. The Morgan fingerprint density at radius 1 is 1.10 bits per heavy atom. The number of carbonyl (C=O) groups excluding carboxylic acids is 1. The van der Waals surface area contributed by atoms with Gasteiger partial charge in [0.15, 0.2) is 5.78 Å². The average molecular weight is 281 g/mol. The molecule has 0 saturated carbocycles. The first-order valence-electron chi connectivity index (χ1n) is 7.70. The van der Waals surface area contributed by atoms with E-state index in [4.69, 9.17) is 4.74 Å². The van der Waals surface area contributed by atoms with Crippen LogP contribution in [0.3, 0.4) is 0 Å². The largest absolute Gasteiger partial charge is 0.376 e. The second kappa shape index (κ2) is 5.15. The quantitative estimate of drug-likeness (QED) is 0.792. The lowest BCUT2D eigenvalue weighted by molar-refractivity contribution is -0.116. The number of rotatable bonds is 1. The van der Waals surface area contributed by atoms with E-state index in [0.717, 1.165) is 18.4 Å². The van der Waals surface area contributed by atoms with E-state index in [-0.39, 0.29) is 12.1 Å². The molecule has 108 valence electrons. The minimum Gasteiger partial charge on any atom is -0.376 e. The topological polar surface area (TPSA) is 29.5 Å². The molecule has 1 saturated heterocycles. The molecule has 0 bridgehead atoms. The van der Waals surface area contributed by atoms with Gasteiger partial charge >= 0.3 is 0 Å². The summed E-state index contributed by atoms with van der Waals surface area (Å²) in [5.41, 5.74) is 3.43. The normalized spacial score (nSPS) is 28.4. The molecule has 2 atom stereocenters. The average Bonchev–Trinajstić information content (AvgIpc) is 2.55. The third-order valence-corrected chi connectivity index (χ3v) is 4.67. The van der Waals surface area contributed by atoms with Gasteiger partial charge in [-0.15, -0.1) is 0 Å². The van der Waals surface area contributed by atoms with Gasteiger partial charge < -0.3 is 9.64 Å². The highest BCUT2D eigenvalue weighted by Gasteiger charge is 2.37. The fourth-order valence-electron chi connectivity index (χ4n) is 3.67. The molecule has 0 spiro atoms. The van der Waals surface area contributed by atoms with Gasteiger partial charge in [-0.2, -0.15) is 0 Å². The summed E-state index contributed by atoms with van der Waals surface area (Å²) in [6.07, 6.45) is 6.82. The summed E-state index contributed by atoms with van der Waals surface area (Å²) in [7, 11) is 0. The van der Waals surface area contributed by atoms with Crippen LogP contribution in [0, 0.1) is 0 Å². The lowest BCUT2D eigenvalue weighted by Gasteiger charge is -2.47. The van der Waals surface area contributed by atoms with Crippen LogP contribution in [0.15, 0.2) is 53.8 Å². The SMILES string of the molecule is O=C1CCCC2=C1C=C[C@@H]1COC[C@@H](c3ccccc3)N21. The fraction of sp³-hybridized carbons (Fsp3) is 0.389. The molecule has 0 amide bonds. The Labute approximate surface area is 124 Å². The molecule has 1 fully saturated rings. The van der Waals surface area contributed by atoms with Crippen molar-refractivity contribution in [3.8, 4) is 0 Å². The minimum absolute atomic E-state index is 0.214. The molecular formula is C18H19NO2. The fourth-order valence-corrected chi connectivity index (χ4v) is 3.67. The molecule has 3 nitrogen and oxygen atoms in total. The van der Waals surface area contributed by atoms with Gasteiger partial charge in [-0.1, -0.05) is 42.5 Å². The van der Waals surface area contributed by atoms with Crippen LogP contribution in [0.1, 0.15) is 30.9 Å². The Hall–Kier alpha value is -1.87. The van der Waals surface area contributed by atoms with Gasteiger partial charge in [0.05, 0.1) is 25.3 Å². The summed E-state index contributed by atoms with van der Waals surface area (Å²) in [6.45, 7) is 1.41. The van der Waals surface area contributed by atoms with Crippen molar-refractivity contribution in [2.45, 2.75) is 31.3 Å². The first-order chi connectivity index (χ1) is 10.3. The summed E-state index contributed by atoms with van der Waals surface area (Å²) >= 11 is 0. The monoisotopic (exact) mass is 281 g/mol. The van der Waals surface area contributed by atoms with Crippen molar-refractivity contribution in [3.05, 3.63) is 59.3 Å². The Bertz CT molecular complexity index is 617. The van der Waals surface area contributed by atoms with Crippen LogP contribution in [0.25, 0.3) is 0 Å². The molecule has 3 aliphatic rings. The van der Waals surface area contributed by atoms with Crippen molar-refractivity contribution in [2.75, 3.05) is 13.2 Å². The Morgan fingerprint density at radius 2 is 1.95 bits per heavy atom. The van der Waals surface area contributed by atoms with E-state index in [1.54, 1.807) is 0 Å². The number of hydrogen-bond donors (Lipinski definition) is 0. The molecule has 0 N–H and O–H groups in total. The van der Waals surface area contributed by atoms with Gasteiger partial charge in [0.1, 0.15) is 0 Å². The van der Waals surface area contributed by atoms with Crippen molar-refractivity contribution < 1.29 is 9.53 Å². The van der Waals surface area contributed by atoms with Crippen molar-refractivity contribution in [1.29, 1.82) is 0 Å². The van der Waals surface area contributed by atoms with E-state index >= 15 is 0 Å². The highest BCUT2D eigenvalue weighted by molar-refractivity contribution is 5.99. The summed E-state index contributed by atoms with van der Waals surface area (Å²) in [5.74, 6) is 0.296. The van der Waals surface area contributed by atoms with E-state index in [1.165, 1.54) is 11.3 Å². The molecule has 0 radical (unpaired) electrons. The van der Waals surface area contributed by atoms with Crippen molar-refractivity contribution >= 4 is 5.78 Å². The van der Waals surface area contributed by atoms with Crippen LogP contribution < -0.4 is 0 Å². The Kier molecular flexibility index (Phi) is 3.15. The van der Waals surface area contributed by atoms with Crippen molar-refractivity contribution in [3.63, 3.8) is 0 Å². The molecule has 2 aliphatic heterocycles. The van der Waals surface area contributed by atoms with E-state index < -0.39 is 0 Å². The maximum atomic E-state index is 12.2. The summed E-state index contributed by atoms with van der Waals surface area (Å²) in [4.78, 5) is 14.6. The summed E-state index contributed by atoms with van der Waals surface area (Å²) in [5, 5.41) is 0. The number of ketones is 1. The molecule has 4 rings (SSSR count). The standard InChI is InChI=1S/C18H19NO2/c20-18-8-4-7-16-15(18)10-9-14-11-21-12-17(19(14)16)13-5-2-1-3-6-13/h1-3,5-6,9-10,14,17H,4,7-8,11-12H2/t14-,17+/m1/s1. The third kappa shape index (κ3) is 2.12. The van der Waals surface area contributed by atoms with Crippen LogP contribution in [-0.4, -0.2) is 29.9 Å². The first kappa shape index (κ1) is 12.8. The smallest absolute Gasteiger partial charge is 0.164 e. The number of hydrogen-bond acceptors (Lipinski definition) is 3. The maximum Gasteiger partial charge on any atom is 0.164 e. The van der Waals surface area contributed by atoms with Crippen LogP contribution in [-0.2, 0) is 9.53 Å². The highest BCUT2D eigenvalue weighted by atomic mass is 16.5. The Balaban J connectivity index is 1.77. The second-order valence-electron chi connectivity index (χ2n) is 5.93. The van der Waals surface area contributed by atoms with Gasteiger partial charge in [-0.3, -0.25) is 4.79 Å².